The minimum Gasteiger partial charge on any atom is -0.438 e. The van der Waals surface area contributed by atoms with Crippen LogP contribution in [-0.2, 0) is 0 Å². The highest BCUT2D eigenvalue weighted by Crippen LogP contribution is 2.30. The number of aromatic nitrogens is 4. The lowest BCUT2D eigenvalue weighted by molar-refractivity contribution is 0.465. The van der Waals surface area contributed by atoms with Crippen LogP contribution in [0, 0.1) is 6.92 Å². The lowest BCUT2D eigenvalue weighted by Gasteiger charge is -2.10. The summed E-state index contributed by atoms with van der Waals surface area (Å²) in [5.41, 5.74) is 3.62. The molecule has 1 aromatic carbocycles. The first-order valence-corrected chi connectivity index (χ1v) is 8.47. The zero-order valence-corrected chi connectivity index (χ0v) is 14.7. The number of pyridine rings is 2. The fourth-order valence-corrected chi connectivity index (χ4v) is 2.52. The second-order valence-electron chi connectivity index (χ2n) is 5.92. The molecular formula is C21H17N5O. The van der Waals surface area contributed by atoms with Gasteiger partial charge in [-0.3, -0.25) is 0 Å². The molecule has 0 radical (unpaired) electrons. The van der Waals surface area contributed by atoms with Gasteiger partial charge in [0.15, 0.2) is 0 Å². The van der Waals surface area contributed by atoms with Crippen molar-refractivity contribution in [3.8, 4) is 22.9 Å². The number of hydrogen-bond donors (Lipinski definition) is 1. The average Bonchev–Trinajstić information content (AvgIpc) is 2.72. The molecule has 6 heteroatoms. The van der Waals surface area contributed by atoms with Gasteiger partial charge in [0.1, 0.15) is 17.9 Å². The summed E-state index contributed by atoms with van der Waals surface area (Å²) in [6.07, 6.45) is 6.72. The van der Waals surface area contributed by atoms with Crippen molar-refractivity contribution in [2.45, 2.75) is 6.92 Å². The number of benzene rings is 1. The van der Waals surface area contributed by atoms with Gasteiger partial charge in [-0.1, -0.05) is 6.07 Å². The summed E-state index contributed by atoms with van der Waals surface area (Å²) in [7, 11) is 0. The second-order valence-corrected chi connectivity index (χ2v) is 5.92. The third-order valence-corrected chi connectivity index (χ3v) is 3.88. The number of hydrogen-bond acceptors (Lipinski definition) is 6. The Morgan fingerprint density at radius 1 is 0.852 bits per heavy atom. The van der Waals surface area contributed by atoms with Crippen LogP contribution in [0.25, 0.3) is 11.3 Å². The molecule has 0 aliphatic rings. The van der Waals surface area contributed by atoms with Crippen LogP contribution < -0.4 is 10.1 Å². The topological polar surface area (TPSA) is 72.8 Å². The van der Waals surface area contributed by atoms with Gasteiger partial charge in [0.25, 0.3) is 0 Å². The first-order valence-electron chi connectivity index (χ1n) is 8.47. The van der Waals surface area contributed by atoms with E-state index in [2.05, 4.69) is 25.3 Å². The summed E-state index contributed by atoms with van der Waals surface area (Å²) in [4.78, 5) is 16.9. The molecule has 0 unspecified atom stereocenters. The summed E-state index contributed by atoms with van der Waals surface area (Å²) >= 11 is 0. The maximum Gasteiger partial charge on any atom is 0.228 e. The van der Waals surface area contributed by atoms with Crippen molar-refractivity contribution in [3.05, 3.63) is 85.1 Å². The van der Waals surface area contributed by atoms with Gasteiger partial charge in [-0.05, 0) is 61.0 Å². The highest BCUT2D eigenvalue weighted by Gasteiger charge is 2.09. The van der Waals surface area contributed by atoms with Crippen molar-refractivity contribution in [2.24, 2.45) is 0 Å². The highest BCUT2D eigenvalue weighted by molar-refractivity contribution is 5.65. The van der Waals surface area contributed by atoms with Crippen molar-refractivity contribution in [2.75, 3.05) is 5.32 Å². The molecule has 0 bridgehead atoms. The molecule has 27 heavy (non-hydrogen) atoms. The molecule has 4 rings (SSSR count). The lowest BCUT2D eigenvalue weighted by atomic mass is 10.2. The number of ether oxygens (including phenoxy) is 1. The molecule has 3 aromatic heterocycles. The number of aryl methyl sites for hydroxylation is 1. The molecule has 0 fully saturated rings. The van der Waals surface area contributed by atoms with Gasteiger partial charge in [0.05, 0.1) is 11.3 Å². The monoisotopic (exact) mass is 355 g/mol. The Bertz CT molecular complexity index is 1020. The molecule has 0 atom stereocenters. The van der Waals surface area contributed by atoms with Crippen molar-refractivity contribution < 1.29 is 4.74 Å². The van der Waals surface area contributed by atoms with Gasteiger partial charge in [-0.2, -0.15) is 0 Å². The fourth-order valence-electron chi connectivity index (χ4n) is 2.52. The van der Waals surface area contributed by atoms with E-state index in [9.17, 15) is 0 Å². The smallest absolute Gasteiger partial charge is 0.228 e. The predicted molar refractivity (Wildman–Crippen MR) is 104 cm³/mol. The Balaban J connectivity index is 1.52. The molecule has 1 N–H and O–H groups in total. The maximum atomic E-state index is 5.97. The average molecular weight is 355 g/mol. The van der Waals surface area contributed by atoms with E-state index in [4.69, 9.17) is 4.74 Å². The van der Waals surface area contributed by atoms with E-state index in [1.54, 1.807) is 12.4 Å². The van der Waals surface area contributed by atoms with Crippen molar-refractivity contribution in [1.82, 2.24) is 19.9 Å². The van der Waals surface area contributed by atoms with E-state index >= 15 is 0 Å². The molecule has 0 saturated carbocycles. The first kappa shape index (κ1) is 16.7. The Morgan fingerprint density at radius 2 is 1.74 bits per heavy atom. The number of anilines is 2. The lowest BCUT2D eigenvalue weighted by Crippen LogP contribution is -1.95. The first-order chi connectivity index (χ1) is 13.3. The summed E-state index contributed by atoms with van der Waals surface area (Å²) in [5, 5.41) is 3.26. The van der Waals surface area contributed by atoms with Crippen molar-refractivity contribution in [1.29, 1.82) is 0 Å². The summed E-state index contributed by atoms with van der Waals surface area (Å²) < 4.78 is 5.97. The van der Waals surface area contributed by atoms with Crippen LogP contribution in [-0.4, -0.2) is 19.9 Å². The SMILES string of the molecule is Cc1ccc(Nc2ccc(Oc3ncccc3-c3ccncn3)cc2)nc1. The van der Waals surface area contributed by atoms with Crippen LogP contribution in [0.1, 0.15) is 5.56 Å². The molecule has 132 valence electrons. The normalized spacial score (nSPS) is 10.4. The molecule has 0 amide bonds. The van der Waals surface area contributed by atoms with Gasteiger partial charge < -0.3 is 10.1 Å². The zero-order valence-electron chi connectivity index (χ0n) is 14.7. The quantitative estimate of drug-likeness (QED) is 0.555. The van der Waals surface area contributed by atoms with Gasteiger partial charge in [0.2, 0.25) is 5.88 Å². The fraction of sp³-hybridized carbons (Fsp3) is 0.0476. The zero-order chi connectivity index (χ0) is 18.5. The standard InChI is InChI=1S/C21H17N5O/c1-15-4-9-20(24-13-15)26-16-5-7-17(8-6-16)27-21-18(3-2-11-23-21)19-10-12-22-14-25-19/h2-14H,1H3,(H,24,26). The number of nitrogens with one attached hydrogen (secondary N) is 1. The Labute approximate surface area is 157 Å². The Hall–Kier alpha value is -3.80. The summed E-state index contributed by atoms with van der Waals surface area (Å²) in [5.74, 6) is 1.98. The molecule has 6 nitrogen and oxygen atoms in total. The molecule has 0 saturated heterocycles. The van der Waals surface area contributed by atoms with Crippen molar-refractivity contribution in [3.63, 3.8) is 0 Å². The maximum absolute atomic E-state index is 5.97. The summed E-state index contributed by atoms with van der Waals surface area (Å²) in [6, 6.07) is 17.2. The third-order valence-electron chi connectivity index (χ3n) is 3.88. The van der Waals surface area contributed by atoms with Gasteiger partial charge in [-0.15, -0.1) is 0 Å². The molecule has 4 aromatic rings. The summed E-state index contributed by atoms with van der Waals surface area (Å²) in [6.45, 7) is 2.01. The molecule has 0 spiro atoms. The van der Waals surface area contributed by atoms with Crippen LogP contribution in [0.5, 0.6) is 11.6 Å². The van der Waals surface area contributed by atoms with Crippen LogP contribution in [0.4, 0.5) is 11.5 Å². The predicted octanol–water partition coefficient (Wildman–Crippen LogP) is 4.78. The molecule has 0 aliphatic heterocycles. The van der Waals surface area contributed by atoms with E-state index in [1.807, 2.05) is 67.7 Å². The molecule has 0 aliphatic carbocycles. The minimum atomic E-state index is 0.497. The van der Waals surface area contributed by atoms with Crippen LogP contribution in [0.2, 0.25) is 0 Å². The number of nitrogens with zero attached hydrogens (tertiary/aromatic N) is 4. The highest BCUT2D eigenvalue weighted by atomic mass is 16.5. The van der Waals surface area contributed by atoms with E-state index in [0.717, 1.165) is 28.3 Å². The number of rotatable bonds is 5. The molecule has 3 heterocycles. The van der Waals surface area contributed by atoms with Gasteiger partial charge >= 0.3 is 0 Å². The van der Waals surface area contributed by atoms with Crippen molar-refractivity contribution >= 4 is 11.5 Å². The largest absolute Gasteiger partial charge is 0.438 e. The molecular weight excluding hydrogens is 338 g/mol. The van der Waals surface area contributed by atoms with E-state index in [-0.39, 0.29) is 0 Å². The third kappa shape index (κ3) is 4.07. The Morgan fingerprint density at radius 3 is 2.48 bits per heavy atom. The van der Waals surface area contributed by atoms with E-state index < -0.39 is 0 Å². The van der Waals surface area contributed by atoms with E-state index in [1.165, 1.54) is 6.33 Å². The van der Waals surface area contributed by atoms with E-state index in [0.29, 0.717) is 11.6 Å². The Kier molecular flexibility index (Phi) is 4.70. The van der Waals surface area contributed by atoms with Gasteiger partial charge in [-0.25, -0.2) is 19.9 Å². The van der Waals surface area contributed by atoms with Crippen LogP contribution >= 0.6 is 0 Å². The van der Waals surface area contributed by atoms with Crippen LogP contribution in [0.15, 0.2) is 79.5 Å². The minimum absolute atomic E-state index is 0.497. The van der Waals surface area contributed by atoms with Gasteiger partial charge in [0, 0.05) is 24.3 Å². The second kappa shape index (κ2) is 7.61. The van der Waals surface area contributed by atoms with Crippen LogP contribution in [0.3, 0.4) is 0 Å².